The van der Waals surface area contributed by atoms with Gasteiger partial charge >= 0.3 is 6.18 Å². The van der Waals surface area contributed by atoms with Crippen molar-refractivity contribution in [2.24, 2.45) is 9.98 Å². The van der Waals surface area contributed by atoms with Crippen LogP contribution in [0.25, 0.3) is 0 Å². The lowest BCUT2D eigenvalue weighted by Crippen LogP contribution is -2.52. The molecule has 0 N–H and O–H groups in total. The van der Waals surface area contributed by atoms with Crippen LogP contribution in [0.1, 0.15) is 18.9 Å². The van der Waals surface area contributed by atoms with Crippen molar-refractivity contribution >= 4 is 23.0 Å². The summed E-state index contributed by atoms with van der Waals surface area (Å²) in [5, 5.41) is 0. The summed E-state index contributed by atoms with van der Waals surface area (Å²) in [5.41, 5.74) is -1.05. The van der Waals surface area contributed by atoms with E-state index in [1.54, 1.807) is 6.20 Å². The highest BCUT2D eigenvalue weighted by Gasteiger charge is 2.37. The summed E-state index contributed by atoms with van der Waals surface area (Å²) in [6.07, 6.45) is -0.480. The van der Waals surface area contributed by atoms with Gasteiger partial charge in [-0.25, -0.2) is 9.38 Å². The van der Waals surface area contributed by atoms with Gasteiger partial charge in [-0.15, -0.1) is 0 Å². The van der Waals surface area contributed by atoms with Gasteiger partial charge in [-0.2, -0.15) is 13.2 Å². The maximum atomic E-state index is 14.7. The van der Waals surface area contributed by atoms with Crippen LogP contribution in [-0.2, 0) is 6.18 Å². The number of benzene rings is 1. The van der Waals surface area contributed by atoms with Gasteiger partial charge in [0.2, 0.25) is 0 Å². The Labute approximate surface area is 160 Å². The normalized spacial score (nSPS) is 23.0. The third kappa shape index (κ3) is 3.39. The number of likely N-dealkylation sites (N-methyl/N-ethyl adjacent to an activating group) is 1. The highest BCUT2D eigenvalue weighted by molar-refractivity contribution is 6.47. The summed E-state index contributed by atoms with van der Waals surface area (Å²) in [6, 6.07) is 1.40. The standard InChI is InChI=1S/C19H21F4N5/c1-12-4-3-5-28-15-11-13(19(21,22)23)10-14(20)16(15)25-17(18(28)24-12)27-8-6-26(2)7-9-27/h3,5,10-12H,4,6-9H2,1-2H3. The number of hydrogen-bond acceptors (Lipinski definition) is 5. The summed E-state index contributed by atoms with van der Waals surface area (Å²) in [4.78, 5) is 14.9. The molecule has 28 heavy (non-hydrogen) atoms. The Kier molecular flexibility index (Phi) is 4.65. The van der Waals surface area contributed by atoms with E-state index in [4.69, 9.17) is 0 Å². The molecule has 1 aromatic rings. The number of halogens is 4. The Morgan fingerprint density at radius 2 is 1.79 bits per heavy atom. The number of alkyl halides is 3. The summed E-state index contributed by atoms with van der Waals surface area (Å²) in [7, 11) is 2.02. The molecule has 150 valence electrons. The Morgan fingerprint density at radius 3 is 2.46 bits per heavy atom. The molecule has 0 radical (unpaired) electrons. The molecule has 0 aliphatic carbocycles. The SMILES string of the molecule is CC1CC=CN2C(=N1)C(N1CCN(C)CC1)=Nc1c(F)cc(C(F)(F)F)cc12. The van der Waals surface area contributed by atoms with Crippen LogP contribution >= 0.6 is 0 Å². The smallest absolute Gasteiger partial charge is 0.351 e. The van der Waals surface area contributed by atoms with Gasteiger partial charge in [0.05, 0.1) is 17.3 Å². The summed E-state index contributed by atoms with van der Waals surface area (Å²) < 4.78 is 54.4. The second kappa shape index (κ2) is 6.88. The van der Waals surface area contributed by atoms with Gasteiger partial charge in [0.1, 0.15) is 5.69 Å². The minimum atomic E-state index is -4.64. The topological polar surface area (TPSA) is 34.4 Å². The molecule has 1 fully saturated rings. The fourth-order valence-corrected chi connectivity index (χ4v) is 3.55. The number of anilines is 1. The molecule has 0 saturated carbocycles. The van der Waals surface area contributed by atoms with E-state index in [-0.39, 0.29) is 17.4 Å². The van der Waals surface area contributed by atoms with E-state index in [9.17, 15) is 17.6 Å². The fraction of sp³-hybridized carbons (Fsp3) is 0.474. The molecule has 0 amide bonds. The molecule has 3 heterocycles. The monoisotopic (exact) mass is 395 g/mol. The Bertz CT molecular complexity index is 866. The molecular weight excluding hydrogens is 374 g/mol. The molecule has 9 heteroatoms. The van der Waals surface area contributed by atoms with E-state index in [2.05, 4.69) is 14.9 Å². The molecule has 0 spiro atoms. The minimum Gasteiger partial charge on any atom is -0.351 e. The number of aliphatic imine (C=N–C) groups is 2. The van der Waals surface area contributed by atoms with Gasteiger partial charge in [-0.05, 0) is 32.5 Å². The summed E-state index contributed by atoms with van der Waals surface area (Å²) in [6.45, 7) is 4.96. The molecule has 0 aromatic heterocycles. The molecule has 1 saturated heterocycles. The van der Waals surface area contributed by atoms with Gasteiger partial charge in [-0.3, -0.25) is 9.89 Å². The van der Waals surface area contributed by atoms with Crippen molar-refractivity contribution in [2.75, 3.05) is 38.1 Å². The molecule has 1 atom stereocenters. The molecule has 1 aromatic carbocycles. The van der Waals surface area contributed by atoms with Crippen molar-refractivity contribution in [3.8, 4) is 0 Å². The Balaban J connectivity index is 1.87. The predicted octanol–water partition coefficient (Wildman–Crippen LogP) is 3.65. The molecule has 1 unspecified atom stereocenters. The third-order valence-corrected chi connectivity index (χ3v) is 5.15. The van der Waals surface area contributed by atoms with E-state index < -0.39 is 17.6 Å². The zero-order chi connectivity index (χ0) is 20.1. The van der Waals surface area contributed by atoms with Gasteiger partial charge < -0.3 is 9.80 Å². The molecular formula is C19H21F4N5. The number of hydrogen-bond donors (Lipinski definition) is 0. The van der Waals surface area contributed by atoms with Crippen LogP contribution in [-0.4, -0.2) is 60.7 Å². The van der Waals surface area contributed by atoms with Crippen LogP contribution in [0.5, 0.6) is 0 Å². The van der Waals surface area contributed by atoms with Crippen LogP contribution in [0.2, 0.25) is 0 Å². The number of amidine groups is 2. The van der Waals surface area contributed by atoms with E-state index in [0.29, 0.717) is 37.2 Å². The maximum absolute atomic E-state index is 14.7. The zero-order valence-electron chi connectivity index (χ0n) is 15.7. The lowest BCUT2D eigenvalue weighted by atomic mass is 10.1. The van der Waals surface area contributed by atoms with E-state index >= 15 is 0 Å². The van der Waals surface area contributed by atoms with Crippen LogP contribution < -0.4 is 4.90 Å². The van der Waals surface area contributed by atoms with Gasteiger partial charge in [0, 0.05) is 32.4 Å². The quantitative estimate of drug-likeness (QED) is 0.629. The maximum Gasteiger partial charge on any atom is 0.416 e. The zero-order valence-corrected chi connectivity index (χ0v) is 15.7. The van der Waals surface area contributed by atoms with Crippen molar-refractivity contribution in [1.82, 2.24) is 9.80 Å². The van der Waals surface area contributed by atoms with E-state index in [0.717, 1.165) is 19.2 Å². The van der Waals surface area contributed by atoms with E-state index in [1.165, 1.54) is 4.90 Å². The highest BCUT2D eigenvalue weighted by atomic mass is 19.4. The average Bonchev–Trinajstić information content (AvgIpc) is 2.82. The first-order chi connectivity index (χ1) is 13.2. The molecule has 4 rings (SSSR count). The van der Waals surface area contributed by atoms with Crippen molar-refractivity contribution in [3.05, 3.63) is 35.8 Å². The van der Waals surface area contributed by atoms with Crippen LogP contribution in [0, 0.1) is 5.82 Å². The summed E-state index contributed by atoms with van der Waals surface area (Å²) in [5.74, 6) is -0.00381. The Hall–Kier alpha value is -2.42. The van der Waals surface area contributed by atoms with Gasteiger partial charge in [-0.1, -0.05) is 6.08 Å². The molecule has 3 aliphatic rings. The first-order valence-electron chi connectivity index (χ1n) is 9.21. The van der Waals surface area contributed by atoms with Crippen LogP contribution in [0.4, 0.5) is 28.9 Å². The minimum absolute atomic E-state index is 0.0499. The lowest BCUT2D eigenvalue weighted by Gasteiger charge is -2.38. The number of fused-ring (bicyclic) bond motifs is 3. The number of nitrogens with zero attached hydrogens (tertiary/aromatic N) is 5. The fourth-order valence-electron chi connectivity index (χ4n) is 3.55. The second-order valence-corrected chi connectivity index (χ2v) is 7.34. The molecule has 5 nitrogen and oxygen atoms in total. The van der Waals surface area contributed by atoms with Gasteiger partial charge in [0.25, 0.3) is 0 Å². The number of rotatable bonds is 0. The van der Waals surface area contributed by atoms with E-state index in [1.807, 2.05) is 24.9 Å². The average molecular weight is 395 g/mol. The van der Waals surface area contributed by atoms with Crippen molar-refractivity contribution < 1.29 is 17.6 Å². The molecule has 0 bridgehead atoms. The molecule has 3 aliphatic heterocycles. The number of piperazine rings is 1. The van der Waals surface area contributed by atoms with Crippen LogP contribution in [0.15, 0.2) is 34.4 Å². The highest BCUT2D eigenvalue weighted by Crippen LogP contribution is 2.42. The first-order valence-corrected chi connectivity index (χ1v) is 9.21. The van der Waals surface area contributed by atoms with Crippen LogP contribution in [0.3, 0.4) is 0 Å². The predicted molar refractivity (Wildman–Crippen MR) is 101 cm³/mol. The summed E-state index contributed by atoms with van der Waals surface area (Å²) >= 11 is 0. The van der Waals surface area contributed by atoms with Gasteiger partial charge in [0.15, 0.2) is 17.5 Å². The largest absolute Gasteiger partial charge is 0.416 e. The van der Waals surface area contributed by atoms with Crippen molar-refractivity contribution in [2.45, 2.75) is 25.6 Å². The Morgan fingerprint density at radius 1 is 1.07 bits per heavy atom. The lowest BCUT2D eigenvalue weighted by molar-refractivity contribution is -0.137. The second-order valence-electron chi connectivity index (χ2n) is 7.34. The first kappa shape index (κ1) is 18.9. The third-order valence-electron chi connectivity index (χ3n) is 5.15. The van der Waals surface area contributed by atoms with Crippen molar-refractivity contribution in [3.63, 3.8) is 0 Å². The van der Waals surface area contributed by atoms with Crippen molar-refractivity contribution in [1.29, 1.82) is 0 Å².